The molecule has 0 aromatic carbocycles. The van der Waals surface area contributed by atoms with Gasteiger partial charge in [0.2, 0.25) is 0 Å². The molecule has 4 nitrogen and oxygen atoms in total. The number of aliphatic hydroxyl groups excluding tert-OH is 1. The van der Waals surface area contributed by atoms with Crippen molar-refractivity contribution in [1.82, 2.24) is 10.3 Å². The maximum absolute atomic E-state index is 12.0. The molecule has 3 rings (SSSR count). The third-order valence-corrected chi connectivity index (χ3v) is 5.14. The molecule has 1 aliphatic carbocycles. The lowest BCUT2D eigenvalue weighted by molar-refractivity contribution is 0.0941. The Labute approximate surface area is 125 Å². The first-order valence-corrected chi connectivity index (χ1v) is 8.49. The topological polar surface area (TPSA) is 62.2 Å². The van der Waals surface area contributed by atoms with Crippen LogP contribution in [0.2, 0.25) is 0 Å². The number of nitrogens with zero attached hydrogens (tertiary/aromatic N) is 1. The van der Waals surface area contributed by atoms with Crippen LogP contribution >= 0.6 is 22.7 Å². The van der Waals surface area contributed by atoms with Crippen molar-refractivity contribution >= 4 is 28.6 Å². The van der Waals surface area contributed by atoms with Crippen LogP contribution in [0, 0.1) is 5.92 Å². The molecule has 0 bridgehead atoms. The summed E-state index contributed by atoms with van der Waals surface area (Å²) in [6, 6.07) is 2.01. The normalized spacial score (nSPS) is 22.1. The van der Waals surface area contributed by atoms with E-state index in [-0.39, 0.29) is 12.0 Å². The van der Waals surface area contributed by atoms with E-state index >= 15 is 0 Å². The highest BCUT2D eigenvalue weighted by Gasteiger charge is 2.23. The molecular formula is C14H16N2O2S2. The number of aromatic nitrogens is 1. The second-order valence-corrected chi connectivity index (χ2v) is 6.73. The summed E-state index contributed by atoms with van der Waals surface area (Å²) in [7, 11) is 0. The summed E-state index contributed by atoms with van der Waals surface area (Å²) in [4.78, 5) is 16.4. The number of amides is 1. The molecule has 0 aliphatic heterocycles. The minimum Gasteiger partial charge on any atom is -0.393 e. The molecule has 1 saturated carbocycles. The minimum absolute atomic E-state index is 0.121. The van der Waals surface area contributed by atoms with E-state index in [9.17, 15) is 9.90 Å². The first-order chi connectivity index (χ1) is 9.72. The van der Waals surface area contributed by atoms with E-state index in [1.165, 1.54) is 11.3 Å². The summed E-state index contributed by atoms with van der Waals surface area (Å²) in [5.41, 5.74) is 1.55. The van der Waals surface area contributed by atoms with Gasteiger partial charge in [-0.2, -0.15) is 11.3 Å². The van der Waals surface area contributed by atoms with E-state index < -0.39 is 0 Å². The Morgan fingerprint density at radius 2 is 2.35 bits per heavy atom. The predicted octanol–water partition coefficient (Wildman–Crippen LogP) is 2.76. The van der Waals surface area contributed by atoms with Crippen molar-refractivity contribution in [3.05, 3.63) is 27.9 Å². The van der Waals surface area contributed by atoms with Crippen molar-refractivity contribution in [1.29, 1.82) is 0 Å². The van der Waals surface area contributed by atoms with Gasteiger partial charge < -0.3 is 10.4 Å². The number of thiazole rings is 1. The maximum atomic E-state index is 12.0. The lowest BCUT2D eigenvalue weighted by Gasteiger charge is -2.09. The Bertz CT molecular complexity index is 580. The van der Waals surface area contributed by atoms with Crippen molar-refractivity contribution in [2.45, 2.75) is 25.4 Å². The Morgan fingerprint density at radius 3 is 3.05 bits per heavy atom. The van der Waals surface area contributed by atoms with E-state index in [0.29, 0.717) is 18.2 Å². The molecule has 0 saturated heterocycles. The molecule has 2 aromatic rings. The smallest absolute Gasteiger partial charge is 0.270 e. The Balaban J connectivity index is 1.57. The number of aliphatic hydroxyl groups is 1. The standard InChI is InChI=1S/C14H16N2O2S2/c17-11-2-1-9(5-11)6-15-13(18)12-8-20-14(16-12)10-3-4-19-7-10/h3-4,7-9,11,17H,1-2,5-6H2,(H,15,18). The fourth-order valence-electron chi connectivity index (χ4n) is 2.46. The first kappa shape index (κ1) is 13.7. The molecule has 0 spiro atoms. The first-order valence-electron chi connectivity index (χ1n) is 6.66. The van der Waals surface area contributed by atoms with Gasteiger partial charge in [-0.1, -0.05) is 0 Å². The Kier molecular flexibility index (Phi) is 4.14. The Morgan fingerprint density at radius 1 is 1.45 bits per heavy atom. The summed E-state index contributed by atoms with van der Waals surface area (Å²) in [6.45, 7) is 0.626. The number of carbonyl (C=O) groups excluding carboxylic acids is 1. The average Bonchev–Trinajstić information content (AvgIpc) is 3.16. The van der Waals surface area contributed by atoms with Gasteiger partial charge in [0.05, 0.1) is 6.10 Å². The van der Waals surface area contributed by atoms with Crippen molar-refractivity contribution in [3.63, 3.8) is 0 Å². The summed E-state index contributed by atoms with van der Waals surface area (Å²) < 4.78 is 0. The predicted molar refractivity (Wildman–Crippen MR) is 81.1 cm³/mol. The summed E-state index contributed by atoms with van der Waals surface area (Å²) in [5.74, 6) is 0.271. The number of rotatable bonds is 4. The maximum Gasteiger partial charge on any atom is 0.270 e. The van der Waals surface area contributed by atoms with Gasteiger partial charge in [0, 0.05) is 22.9 Å². The van der Waals surface area contributed by atoms with Crippen molar-refractivity contribution in [2.75, 3.05) is 6.54 Å². The van der Waals surface area contributed by atoms with E-state index in [0.717, 1.165) is 29.8 Å². The molecule has 2 aromatic heterocycles. The number of carbonyl (C=O) groups is 1. The van der Waals surface area contributed by atoms with E-state index in [2.05, 4.69) is 10.3 Å². The van der Waals surface area contributed by atoms with Crippen molar-refractivity contribution in [2.24, 2.45) is 5.92 Å². The van der Waals surface area contributed by atoms with Crippen LogP contribution in [0.15, 0.2) is 22.2 Å². The van der Waals surface area contributed by atoms with Crippen LogP contribution in [0.1, 0.15) is 29.8 Å². The van der Waals surface area contributed by atoms with Gasteiger partial charge in [-0.15, -0.1) is 11.3 Å². The van der Waals surface area contributed by atoms with Crippen LogP contribution in [0.25, 0.3) is 10.6 Å². The molecule has 1 aliphatic rings. The number of thiophene rings is 1. The SMILES string of the molecule is O=C(NCC1CCC(O)C1)c1csc(-c2ccsc2)n1. The van der Waals surface area contributed by atoms with Gasteiger partial charge in [0.25, 0.3) is 5.91 Å². The lowest BCUT2D eigenvalue weighted by Crippen LogP contribution is -2.28. The van der Waals surface area contributed by atoms with Crippen LogP contribution in [-0.2, 0) is 0 Å². The van der Waals surface area contributed by atoms with Crippen LogP contribution < -0.4 is 5.32 Å². The second kappa shape index (κ2) is 6.03. The van der Waals surface area contributed by atoms with E-state index in [4.69, 9.17) is 0 Å². The van der Waals surface area contributed by atoms with Crippen LogP contribution in [0.3, 0.4) is 0 Å². The highest BCUT2D eigenvalue weighted by atomic mass is 32.1. The van der Waals surface area contributed by atoms with Gasteiger partial charge in [-0.05, 0) is 36.6 Å². The van der Waals surface area contributed by atoms with Crippen LogP contribution in [0.4, 0.5) is 0 Å². The summed E-state index contributed by atoms with van der Waals surface area (Å²) >= 11 is 3.11. The molecule has 0 radical (unpaired) electrons. The molecule has 2 N–H and O–H groups in total. The number of hydrogen-bond acceptors (Lipinski definition) is 5. The minimum atomic E-state index is -0.193. The average molecular weight is 308 g/mol. The molecule has 2 atom stereocenters. The summed E-state index contributed by atoms with van der Waals surface area (Å²) in [6.07, 6.45) is 2.43. The summed E-state index contributed by atoms with van der Waals surface area (Å²) in [5, 5.41) is 19.1. The van der Waals surface area contributed by atoms with Crippen molar-refractivity contribution in [3.8, 4) is 10.6 Å². The number of nitrogens with one attached hydrogen (secondary N) is 1. The van der Waals surface area contributed by atoms with E-state index in [1.807, 2.05) is 16.8 Å². The van der Waals surface area contributed by atoms with Gasteiger partial charge in [-0.3, -0.25) is 4.79 Å². The highest BCUT2D eigenvalue weighted by Crippen LogP contribution is 2.26. The molecule has 106 valence electrons. The van der Waals surface area contributed by atoms with Crippen LogP contribution in [0.5, 0.6) is 0 Å². The second-order valence-electron chi connectivity index (χ2n) is 5.09. The molecule has 1 fully saturated rings. The van der Waals surface area contributed by atoms with Gasteiger partial charge >= 0.3 is 0 Å². The van der Waals surface area contributed by atoms with Gasteiger partial charge in [0.1, 0.15) is 10.7 Å². The monoisotopic (exact) mass is 308 g/mol. The zero-order valence-corrected chi connectivity index (χ0v) is 12.5. The highest BCUT2D eigenvalue weighted by molar-refractivity contribution is 7.14. The molecular weight excluding hydrogens is 292 g/mol. The van der Waals surface area contributed by atoms with E-state index in [1.54, 1.807) is 16.7 Å². The fraction of sp³-hybridized carbons (Fsp3) is 0.429. The zero-order valence-electron chi connectivity index (χ0n) is 10.9. The fourth-order valence-corrected chi connectivity index (χ4v) is 3.97. The quantitative estimate of drug-likeness (QED) is 0.913. The van der Waals surface area contributed by atoms with Gasteiger partial charge in [-0.25, -0.2) is 4.98 Å². The molecule has 6 heteroatoms. The third-order valence-electron chi connectivity index (χ3n) is 3.57. The lowest BCUT2D eigenvalue weighted by atomic mass is 10.1. The zero-order chi connectivity index (χ0) is 13.9. The van der Waals surface area contributed by atoms with Crippen molar-refractivity contribution < 1.29 is 9.90 Å². The molecule has 2 heterocycles. The molecule has 1 amide bonds. The molecule has 20 heavy (non-hydrogen) atoms. The van der Waals surface area contributed by atoms with Gasteiger partial charge in [0.15, 0.2) is 0 Å². The number of hydrogen-bond donors (Lipinski definition) is 2. The van der Waals surface area contributed by atoms with Crippen LogP contribution in [-0.4, -0.2) is 28.6 Å². The molecule has 2 unspecified atom stereocenters. The third kappa shape index (κ3) is 3.08. The Hall–Kier alpha value is -1.24. The largest absolute Gasteiger partial charge is 0.393 e.